The van der Waals surface area contributed by atoms with Crippen molar-refractivity contribution in [2.24, 2.45) is 0 Å². The van der Waals surface area contributed by atoms with E-state index in [1.807, 2.05) is 13.0 Å². The Balaban J connectivity index is 1.74. The number of ether oxygens (including phenoxy) is 1. The number of amides is 1. The van der Waals surface area contributed by atoms with Gasteiger partial charge in [-0.05, 0) is 38.1 Å². The molecular weight excluding hydrogens is 458 g/mol. The molecule has 0 aliphatic heterocycles. The van der Waals surface area contributed by atoms with Gasteiger partial charge in [0.25, 0.3) is 0 Å². The number of allylic oxidation sites excluding steroid dienone is 1. The van der Waals surface area contributed by atoms with Crippen LogP contribution in [0.5, 0.6) is 5.75 Å². The number of nitrogens with one attached hydrogen (secondary N) is 1. The lowest BCUT2D eigenvalue weighted by molar-refractivity contribution is -0.115. The molecule has 0 spiro atoms. The normalized spacial score (nSPS) is 12.8. The number of halogens is 3. The smallest absolute Gasteiger partial charge is 0.237 e. The number of nitrogens with zero attached hydrogens (tertiary/aromatic N) is 3. The third-order valence-corrected chi connectivity index (χ3v) is 5.79. The first-order valence-electron chi connectivity index (χ1n) is 9.68. The molecule has 0 aliphatic carbocycles. The van der Waals surface area contributed by atoms with Crippen LogP contribution in [0.25, 0.3) is 0 Å². The standard InChI is InChI=1S/C22H21ClF2N4O2S/c1-4-11-29-20(13(2)31-19-8-6-5-7-16(19)23)27-28-22(29)32-14(3)21(30)26-18-10-9-15(24)12-17(18)25/h4-10,12-14H,1,11H2,2-3H3,(H,26,30). The summed E-state index contributed by atoms with van der Waals surface area (Å²) in [6.45, 7) is 7.62. The van der Waals surface area contributed by atoms with Gasteiger partial charge in [-0.3, -0.25) is 9.36 Å². The zero-order chi connectivity index (χ0) is 23.3. The molecule has 1 N–H and O–H groups in total. The molecule has 168 valence electrons. The quantitative estimate of drug-likeness (QED) is 0.317. The zero-order valence-electron chi connectivity index (χ0n) is 17.4. The minimum atomic E-state index is -0.849. The van der Waals surface area contributed by atoms with Crippen molar-refractivity contribution in [3.05, 3.63) is 77.6 Å². The monoisotopic (exact) mass is 478 g/mol. The van der Waals surface area contributed by atoms with Crippen LogP contribution in [0, 0.1) is 11.6 Å². The first-order chi connectivity index (χ1) is 15.3. The van der Waals surface area contributed by atoms with Gasteiger partial charge in [0.15, 0.2) is 17.1 Å². The molecule has 0 bridgehead atoms. The number of rotatable bonds is 9. The lowest BCUT2D eigenvalue weighted by Crippen LogP contribution is -2.23. The number of aromatic nitrogens is 3. The maximum atomic E-state index is 13.8. The summed E-state index contributed by atoms with van der Waals surface area (Å²) < 4.78 is 34.6. The molecule has 2 atom stereocenters. The van der Waals surface area contributed by atoms with E-state index in [0.717, 1.165) is 17.8 Å². The van der Waals surface area contributed by atoms with Crippen LogP contribution in [0.15, 0.2) is 60.3 Å². The molecule has 0 radical (unpaired) electrons. The van der Waals surface area contributed by atoms with Gasteiger partial charge in [0.05, 0.1) is 16.0 Å². The van der Waals surface area contributed by atoms with Crippen LogP contribution in [0.4, 0.5) is 14.5 Å². The van der Waals surface area contributed by atoms with E-state index in [1.165, 1.54) is 6.07 Å². The maximum Gasteiger partial charge on any atom is 0.237 e. The molecule has 1 amide bonds. The van der Waals surface area contributed by atoms with Crippen molar-refractivity contribution in [3.63, 3.8) is 0 Å². The van der Waals surface area contributed by atoms with E-state index in [2.05, 4.69) is 22.1 Å². The average Bonchev–Trinajstić information content (AvgIpc) is 3.14. The molecule has 6 nitrogen and oxygen atoms in total. The Morgan fingerprint density at radius 2 is 2.03 bits per heavy atom. The topological polar surface area (TPSA) is 69.0 Å². The van der Waals surface area contributed by atoms with E-state index in [4.69, 9.17) is 16.3 Å². The van der Waals surface area contributed by atoms with E-state index in [0.29, 0.717) is 34.4 Å². The summed E-state index contributed by atoms with van der Waals surface area (Å²) in [4.78, 5) is 12.5. The molecular formula is C22H21ClF2N4O2S. The SMILES string of the molecule is C=CCn1c(SC(C)C(=O)Nc2ccc(F)cc2F)nnc1C(C)Oc1ccccc1Cl. The lowest BCUT2D eigenvalue weighted by atomic mass is 10.3. The highest BCUT2D eigenvalue weighted by molar-refractivity contribution is 8.00. The molecule has 0 fully saturated rings. The minimum absolute atomic E-state index is 0.0983. The summed E-state index contributed by atoms with van der Waals surface area (Å²) in [5, 5.41) is 11.2. The summed E-state index contributed by atoms with van der Waals surface area (Å²) >= 11 is 7.32. The Morgan fingerprint density at radius 3 is 2.72 bits per heavy atom. The average molecular weight is 479 g/mol. The lowest BCUT2D eigenvalue weighted by Gasteiger charge is -2.17. The Kier molecular flexibility index (Phi) is 7.87. The van der Waals surface area contributed by atoms with Crippen molar-refractivity contribution < 1.29 is 18.3 Å². The molecule has 1 heterocycles. The predicted molar refractivity (Wildman–Crippen MR) is 121 cm³/mol. The molecule has 2 unspecified atom stereocenters. The van der Waals surface area contributed by atoms with Crippen LogP contribution in [0.2, 0.25) is 5.02 Å². The van der Waals surface area contributed by atoms with Crippen molar-refractivity contribution in [2.75, 3.05) is 5.32 Å². The van der Waals surface area contributed by atoms with Gasteiger partial charge in [0.2, 0.25) is 5.91 Å². The first-order valence-corrected chi connectivity index (χ1v) is 10.9. The molecule has 3 rings (SSSR count). The van der Waals surface area contributed by atoms with Crippen LogP contribution in [0.1, 0.15) is 25.8 Å². The Hall–Kier alpha value is -2.91. The number of benzene rings is 2. The van der Waals surface area contributed by atoms with Gasteiger partial charge in [-0.15, -0.1) is 16.8 Å². The first kappa shape index (κ1) is 23.7. The second-order valence-electron chi connectivity index (χ2n) is 6.80. The van der Waals surface area contributed by atoms with Crippen LogP contribution < -0.4 is 10.1 Å². The van der Waals surface area contributed by atoms with E-state index in [9.17, 15) is 13.6 Å². The summed E-state index contributed by atoms with van der Waals surface area (Å²) in [5.74, 6) is -0.988. The zero-order valence-corrected chi connectivity index (χ0v) is 19.0. The van der Waals surface area contributed by atoms with Crippen LogP contribution in [-0.2, 0) is 11.3 Å². The van der Waals surface area contributed by atoms with Crippen LogP contribution in [-0.4, -0.2) is 25.9 Å². The Bertz CT molecular complexity index is 1130. The molecule has 0 saturated heterocycles. The highest BCUT2D eigenvalue weighted by Crippen LogP contribution is 2.30. The van der Waals surface area contributed by atoms with Crippen molar-refractivity contribution in [1.29, 1.82) is 0 Å². The summed E-state index contributed by atoms with van der Waals surface area (Å²) in [7, 11) is 0. The molecule has 10 heteroatoms. The van der Waals surface area contributed by atoms with Crippen LogP contribution >= 0.6 is 23.4 Å². The number of carbonyl (C=O) groups is 1. The summed E-state index contributed by atoms with van der Waals surface area (Å²) in [5.41, 5.74) is -0.0983. The number of thioether (sulfide) groups is 1. The van der Waals surface area contributed by atoms with E-state index in [-0.39, 0.29) is 5.69 Å². The second-order valence-corrected chi connectivity index (χ2v) is 8.52. The number of hydrogen-bond donors (Lipinski definition) is 1. The maximum absolute atomic E-state index is 13.8. The fourth-order valence-electron chi connectivity index (χ4n) is 2.81. The Morgan fingerprint density at radius 1 is 1.28 bits per heavy atom. The number of carbonyl (C=O) groups excluding carboxylic acids is 1. The van der Waals surface area contributed by atoms with Gasteiger partial charge in [-0.2, -0.15) is 0 Å². The van der Waals surface area contributed by atoms with E-state index in [1.54, 1.807) is 35.8 Å². The van der Waals surface area contributed by atoms with Gasteiger partial charge in [-0.1, -0.05) is 41.6 Å². The highest BCUT2D eigenvalue weighted by atomic mass is 35.5. The molecule has 0 saturated carbocycles. The molecule has 1 aromatic heterocycles. The largest absolute Gasteiger partial charge is 0.481 e. The van der Waals surface area contributed by atoms with Gasteiger partial charge < -0.3 is 10.1 Å². The number of anilines is 1. The molecule has 2 aromatic carbocycles. The number of hydrogen-bond acceptors (Lipinski definition) is 5. The van der Waals surface area contributed by atoms with Gasteiger partial charge in [0.1, 0.15) is 17.4 Å². The van der Waals surface area contributed by atoms with Crippen molar-refractivity contribution in [1.82, 2.24) is 14.8 Å². The minimum Gasteiger partial charge on any atom is -0.481 e. The third-order valence-electron chi connectivity index (χ3n) is 4.40. The number of para-hydroxylation sites is 1. The highest BCUT2D eigenvalue weighted by Gasteiger charge is 2.24. The van der Waals surface area contributed by atoms with Crippen molar-refractivity contribution in [3.8, 4) is 5.75 Å². The van der Waals surface area contributed by atoms with Crippen molar-refractivity contribution >= 4 is 35.0 Å². The summed E-state index contributed by atoms with van der Waals surface area (Å²) in [6.07, 6.45) is 1.20. The van der Waals surface area contributed by atoms with Gasteiger partial charge in [0, 0.05) is 12.6 Å². The van der Waals surface area contributed by atoms with E-state index >= 15 is 0 Å². The molecule has 3 aromatic rings. The molecule has 0 aliphatic rings. The van der Waals surface area contributed by atoms with E-state index < -0.39 is 28.9 Å². The fraction of sp³-hybridized carbons (Fsp3) is 0.227. The van der Waals surface area contributed by atoms with Gasteiger partial charge >= 0.3 is 0 Å². The summed E-state index contributed by atoms with van der Waals surface area (Å²) in [6, 6.07) is 10.1. The fourth-order valence-corrected chi connectivity index (χ4v) is 3.85. The second kappa shape index (κ2) is 10.6. The predicted octanol–water partition coefficient (Wildman–Crippen LogP) is 5.66. The van der Waals surface area contributed by atoms with Crippen molar-refractivity contribution in [2.45, 2.75) is 36.9 Å². The third kappa shape index (κ3) is 5.66. The Labute approximate surface area is 193 Å². The molecule has 32 heavy (non-hydrogen) atoms. The van der Waals surface area contributed by atoms with Crippen LogP contribution in [0.3, 0.4) is 0 Å². The van der Waals surface area contributed by atoms with Gasteiger partial charge in [-0.25, -0.2) is 8.78 Å².